The van der Waals surface area contributed by atoms with E-state index in [-0.39, 0.29) is 11.9 Å². The zero-order chi connectivity index (χ0) is 15.4. The number of hydrogen-bond acceptors (Lipinski definition) is 1. The monoisotopic (exact) mass is 285 g/mol. The van der Waals surface area contributed by atoms with Crippen molar-refractivity contribution in [1.29, 1.82) is 0 Å². The highest BCUT2D eigenvalue weighted by Crippen LogP contribution is 2.28. The molecule has 1 unspecified atom stereocenters. The molecule has 2 rings (SSSR count). The molecular weight excluding hydrogens is 261 g/mol. The molecule has 2 heteroatoms. The molecule has 21 heavy (non-hydrogen) atoms. The van der Waals surface area contributed by atoms with Crippen LogP contribution in [0.5, 0.6) is 0 Å². The molecule has 0 spiro atoms. The highest BCUT2D eigenvalue weighted by molar-refractivity contribution is 5.42. The van der Waals surface area contributed by atoms with Gasteiger partial charge in [0.15, 0.2) is 0 Å². The molecule has 0 saturated heterocycles. The summed E-state index contributed by atoms with van der Waals surface area (Å²) in [6.07, 6.45) is 1.05. The van der Waals surface area contributed by atoms with Crippen molar-refractivity contribution in [2.24, 2.45) is 0 Å². The van der Waals surface area contributed by atoms with Gasteiger partial charge in [0.05, 0.1) is 6.04 Å². The molecule has 1 atom stereocenters. The summed E-state index contributed by atoms with van der Waals surface area (Å²) < 4.78 is 14.0. The minimum atomic E-state index is -0.137. The van der Waals surface area contributed by atoms with Gasteiger partial charge in [0, 0.05) is 0 Å². The summed E-state index contributed by atoms with van der Waals surface area (Å²) in [7, 11) is 0. The topological polar surface area (TPSA) is 12.0 Å². The molecule has 0 aliphatic heterocycles. The molecule has 0 saturated carbocycles. The lowest BCUT2D eigenvalue weighted by molar-refractivity contribution is 0.579. The number of hydrogen-bond donors (Lipinski definition) is 1. The molecule has 0 bridgehead atoms. The Morgan fingerprint density at radius 3 is 2.24 bits per heavy atom. The molecule has 1 N–H and O–H groups in total. The van der Waals surface area contributed by atoms with Crippen LogP contribution < -0.4 is 5.32 Å². The standard InChI is InChI=1S/C19H24FN/c1-5-11-21-19(16-10-9-13(2)17(20)12-16)18-14(3)7-6-8-15(18)4/h6-10,12,19,21H,5,11H2,1-4H3. The summed E-state index contributed by atoms with van der Waals surface area (Å²) in [4.78, 5) is 0. The van der Waals surface area contributed by atoms with E-state index in [0.29, 0.717) is 5.56 Å². The van der Waals surface area contributed by atoms with E-state index in [1.165, 1.54) is 16.7 Å². The first-order chi connectivity index (χ1) is 10.0. The van der Waals surface area contributed by atoms with Crippen LogP contribution in [0.1, 0.15) is 47.2 Å². The van der Waals surface area contributed by atoms with Crippen molar-refractivity contribution >= 4 is 0 Å². The van der Waals surface area contributed by atoms with Gasteiger partial charge < -0.3 is 5.32 Å². The van der Waals surface area contributed by atoms with Crippen LogP contribution in [0.3, 0.4) is 0 Å². The molecule has 1 nitrogen and oxygen atoms in total. The van der Waals surface area contributed by atoms with Gasteiger partial charge >= 0.3 is 0 Å². The van der Waals surface area contributed by atoms with E-state index < -0.39 is 0 Å². The van der Waals surface area contributed by atoms with Crippen molar-refractivity contribution in [2.45, 2.75) is 40.2 Å². The molecular formula is C19H24FN. The largest absolute Gasteiger partial charge is 0.306 e. The lowest BCUT2D eigenvalue weighted by atomic mass is 9.90. The van der Waals surface area contributed by atoms with Gasteiger partial charge in [-0.1, -0.05) is 37.3 Å². The first-order valence-corrected chi connectivity index (χ1v) is 7.60. The second-order valence-electron chi connectivity index (χ2n) is 5.70. The van der Waals surface area contributed by atoms with Gasteiger partial charge in [-0.25, -0.2) is 4.39 Å². The summed E-state index contributed by atoms with van der Waals surface area (Å²) in [5, 5.41) is 3.56. The van der Waals surface area contributed by atoms with Crippen molar-refractivity contribution in [3.63, 3.8) is 0 Å². The molecule has 0 aliphatic carbocycles. The third kappa shape index (κ3) is 3.51. The van der Waals surface area contributed by atoms with Gasteiger partial charge in [0.25, 0.3) is 0 Å². The van der Waals surface area contributed by atoms with E-state index in [9.17, 15) is 4.39 Å². The van der Waals surface area contributed by atoms with Crippen LogP contribution in [-0.2, 0) is 0 Å². The van der Waals surface area contributed by atoms with E-state index in [1.54, 1.807) is 13.0 Å². The average Bonchev–Trinajstić information content (AvgIpc) is 2.45. The number of halogens is 1. The molecule has 0 aliphatic rings. The number of benzene rings is 2. The third-order valence-corrected chi connectivity index (χ3v) is 3.96. The maximum Gasteiger partial charge on any atom is 0.126 e. The summed E-state index contributed by atoms with van der Waals surface area (Å²) >= 11 is 0. The third-order valence-electron chi connectivity index (χ3n) is 3.96. The maximum atomic E-state index is 14.0. The van der Waals surface area contributed by atoms with E-state index in [1.807, 2.05) is 12.1 Å². The van der Waals surface area contributed by atoms with E-state index >= 15 is 0 Å². The predicted molar refractivity (Wildman–Crippen MR) is 87.2 cm³/mol. The Morgan fingerprint density at radius 2 is 1.67 bits per heavy atom. The normalized spacial score (nSPS) is 12.4. The Bertz CT molecular complexity index is 599. The first kappa shape index (κ1) is 15.7. The minimum absolute atomic E-state index is 0.0428. The number of rotatable bonds is 5. The quantitative estimate of drug-likeness (QED) is 0.829. The van der Waals surface area contributed by atoms with Crippen molar-refractivity contribution in [3.05, 3.63) is 70.0 Å². The maximum absolute atomic E-state index is 14.0. The Kier molecular flexibility index (Phi) is 5.13. The molecule has 0 amide bonds. The molecule has 0 aromatic heterocycles. The second kappa shape index (κ2) is 6.86. The number of nitrogens with one attached hydrogen (secondary N) is 1. The molecule has 2 aromatic rings. The van der Waals surface area contributed by atoms with Crippen LogP contribution in [-0.4, -0.2) is 6.54 Å². The van der Waals surface area contributed by atoms with E-state index in [2.05, 4.69) is 44.3 Å². The Labute approximate surface area is 127 Å². The Morgan fingerprint density at radius 1 is 1.00 bits per heavy atom. The SMILES string of the molecule is CCCNC(c1ccc(C)c(F)c1)c1c(C)cccc1C. The molecule has 2 aromatic carbocycles. The van der Waals surface area contributed by atoms with Gasteiger partial charge in [0.1, 0.15) is 5.82 Å². The highest BCUT2D eigenvalue weighted by atomic mass is 19.1. The van der Waals surface area contributed by atoms with Crippen LogP contribution in [0.4, 0.5) is 4.39 Å². The summed E-state index contributed by atoms with van der Waals surface area (Å²) in [5.41, 5.74) is 5.42. The average molecular weight is 285 g/mol. The lowest BCUT2D eigenvalue weighted by Gasteiger charge is -2.24. The fourth-order valence-electron chi connectivity index (χ4n) is 2.75. The van der Waals surface area contributed by atoms with Crippen molar-refractivity contribution in [3.8, 4) is 0 Å². The molecule has 0 heterocycles. The smallest absolute Gasteiger partial charge is 0.126 e. The van der Waals surface area contributed by atoms with Gasteiger partial charge in [0.2, 0.25) is 0 Å². The first-order valence-electron chi connectivity index (χ1n) is 7.60. The summed E-state index contributed by atoms with van der Waals surface area (Å²) in [6, 6.07) is 11.9. The Balaban J connectivity index is 2.49. The molecule has 112 valence electrons. The van der Waals surface area contributed by atoms with Crippen LogP contribution in [0.25, 0.3) is 0 Å². The van der Waals surface area contributed by atoms with Crippen molar-refractivity contribution in [1.82, 2.24) is 5.32 Å². The van der Waals surface area contributed by atoms with Crippen LogP contribution in [0.2, 0.25) is 0 Å². The molecule has 0 fully saturated rings. The highest BCUT2D eigenvalue weighted by Gasteiger charge is 2.18. The van der Waals surface area contributed by atoms with Gasteiger partial charge in [-0.05, 0) is 67.6 Å². The van der Waals surface area contributed by atoms with Crippen molar-refractivity contribution in [2.75, 3.05) is 6.54 Å². The van der Waals surface area contributed by atoms with Crippen LogP contribution in [0.15, 0.2) is 36.4 Å². The zero-order valence-electron chi connectivity index (χ0n) is 13.3. The minimum Gasteiger partial charge on any atom is -0.306 e. The van der Waals surface area contributed by atoms with Gasteiger partial charge in [-0.3, -0.25) is 0 Å². The summed E-state index contributed by atoms with van der Waals surface area (Å²) in [5.74, 6) is -0.137. The van der Waals surface area contributed by atoms with Gasteiger partial charge in [-0.2, -0.15) is 0 Å². The van der Waals surface area contributed by atoms with E-state index in [0.717, 1.165) is 18.5 Å². The zero-order valence-corrected chi connectivity index (χ0v) is 13.3. The fourth-order valence-corrected chi connectivity index (χ4v) is 2.75. The fraction of sp³-hybridized carbons (Fsp3) is 0.368. The van der Waals surface area contributed by atoms with Gasteiger partial charge in [-0.15, -0.1) is 0 Å². The predicted octanol–water partition coefficient (Wildman–Crippen LogP) is 4.84. The Hall–Kier alpha value is -1.67. The summed E-state index contributed by atoms with van der Waals surface area (Å²) in [6.45, 7) is 9.09. The van der Waals surface area contributed by atoms with E-state index in [4.69, 9.17) is 0 Å². The molecule has 0 radical (unpaired) electrons. The van der Waals surface area contributed by atoms with Crippen molar-refractivity contribution < 1.29 is 4.39 Å². The lowest BCUT2D eigenvalue weighted by Crippen LogP contribution is -2.25. The van der Waals surface area contributed by atoms with Crippen LogP contribution >= 0.6 is 0 Å². The number of aryl methyl sites for hydroxylation is 3. The second-order valence-corrected chi connectivity index (χ2v) is 5.70. The van der Waals surface area contributed by atoms with Crippen LogP contribution in [0, 0.1) is 26.6 Å².